The molecule has 0 fully saturated rings. The van der Waals surface area contributed by atoms with Gasteiger partial charge in [-0.15, -0.1) is 0 Å². The molecule has 0 amide bonds. The molecule has 0 saturated carbocycles. The predicted molar refractivity (Wildman–Crippen MR) is 53.6 cm³/mol. The summed E-state index contributed by atoms with van der Waals surface area (Å²) >= 11 is 0. The standard InChI is InChI=1S/C11H13F3O2/c1-15-9-5-3-4-8(6-9)7-10(16-2)11(12,13)14/h3-6,10H,7H2,1-2H3. The Balaban J connectivity index is 2.78. The first-order valence-electron chi connectivity index (χ1n) is 4.70. The Hall–Kier alpha value is -1.23. The smallest absolute Gasteiger partial charge is 0.414 e. The van der Waals surface area contributed by atoms with Gasteiger partial charge in [0.1, 0.15) is 5.75 Å². The summed E-state index contributed by atoms with van der Waals surface area (Å²) in [6, 6.07) is 6.51. The summed E-state index contributed by atoms with van der Waals surface area (Å²) in [5, 5.41) is 0. The Bertz CT molecular complexity index is 336. The summed E-state index contributed by atoms with van der Waals surface area (Å²) in [6.45, 7) is 0. The van der Waals surface area contributed by atoms with Crippen LogP contribution < -0.4 is 4.74 Å². The Morgan fingerprint density at radius 1 is 1.25 bits per heavy atom. The van der Waals surface area contributed by atoms with E-state index in [4.69, 9.17) is 4.74 Å². The van der Waals surface area contributed by atoms with Crippen LogP contribution in [0.25, 0.3) is 0 Å². The third-order valence-electron chi connectivity index (χ3n) is 2.20. The lowest BCUT2D eigenvalue weighted by Gasteiger charge is -2.18. The van der Waals surface area contributed by atoms with Crippen LogP contribution in [0.1, 0.15) is 5.56 Å². The zero-order valence-corrected chi connectivity index (χ0v) is 9.04. The molecule has 2 nitrogen and oxygen atoms in total. The van der Waals surface area contributed by atoms with Crippen molar-refractivity contribution in [2.24, 2.45) is 0 Å². The van der Waals surface area contributed by atoms with Gasteiger partial charge in [0, 0.05) is 13.5 Å². The Morgan fingerprint density at radius 3 is 2.44 bits per heavy atom. The molecule has 0 radical (unpaired) electrons. The summed E-state index contributed by atoms with van der Waals surface area (Å²) < 4.78 is 46.7. The number of benzene rings is 1. The first-order valence-corrected chi connectivity index (χ1v) is 4.70. The monoisotopic (exact) mass is 234 g/mol. The Labute approximate surface area is 92.0 Å². The average molecular weight is 234 g/mol. The number of alkyl halides is 3. The molecule has 16 heavy (non-hydrogen) atoms. The van der Waals surface area contributed by atoms with E-state index in [1.54, 1.807) is 24.3 Å². The van der Waals surface area contributed by atoms with Crippen molar-refractivity contribution in [1.82, 2.24) is 0 Å². The van der Waals surface area contributed by atoms with Crippen molar-refractivity contribution in [2.75, 3.05) is 14.2 Å². The number of rotatable bonds is 4. The SMILES string of the molecule is COc1cccc(CC(OC)C(F)(F)F)c1. The molecule has 0 aliphatic carbocycles. The highest BCUT2D eigenvalue weighted by atomic mass is 19.4. The fourth-order valence-corrected chi connectivity index (χ4v) is 1.35. The van der Waals surface area contributed by atoms with Crippen LogP contribution in [0.15, 0.2) is 24.3 Å². The summed E-state index contributed by atoms with van der Waals surface area (Å²) in [4.78, 5) is 0. The van der Waals surface area contributed by atoms with E-state index >= 15 is 0 Å². The molecule has 0 saturated heterocycles. The van der Waals surface area contributed by atoms with Gasteiger partial charge in [-0.25, -0.2) is 0 Å². The van der Waals surface area contributed by atoms with Crippen molar-refractivity contribution in [3.8, 4) is 5.75 Å². The van der Waals surface area contributed by atoms with E-state index in [0.29, 0.717) is 11.3 Å². The van der Waals surface area contributed by atoms with Gasteiger partial charge in [0.15, 0.2) is 6.10 Å². The topological polar surface area (TPSA) is 18.5 Å². The van der Waals surface area contributed by atoms with Crippen LogP contribution in [0.4, 0.5) is 13.2 Å². The normalized spacial score (nSPS) is 13.6. The Morgan fingerprint density at radius 2 is 1.94 bits per heavy atom. The summed E-state index contributed by atoms with van der Waals surface area (Å²) in [5.41, 5.74) is 0.531. The Kier molecular flexibility index (Phi) is 4.18. The lowest BCUT2D eigenvalue weighted by Crippen LogP contribution is -2.32. The fourth-order valence-electron chi connectivity index (χ4n) is 1.35. The van der Waals surface area contributed by atoms with Crippen molar-refractivity contribution in [2.45, 2.75) is 18.7 Å². The van der Waals surface area contributed by atoms with Gasteiger partial charge >= 0.3 is 6.18 Å². The quantitative estimate of drug-likeness (QED) is 0.797. The van der Waals surface area contributed by atoms with Gasteiger partial charge in [-0.3, -0.25) is 0 Å². The number of methoxy groups -OCH3 is 2. The minimum absolute atomic E-state index is 0.211. The molecule has 0 N–H and O–H groups in total. The van der Waals surface area contributed by atoms with Gasteiger partial charge in [0.25, 0.3) is 0 Å². The van der Waals surface area contributed by atoms with Crippen LogP contribution in [0.2, 0.25) is 0 Å². The van der Waals surface area contributed by atoms with Crippen molar-refractivity contribution in [1.29, 1.82) is 0 Å². The first kappa shape index (κ1) is 12.8. The maximum Gasteiger partial charge on any atom is 0.414 e. The number of hydrogen-bond donors (Lipinski definition) is 0. The van der Waals surface area contributed by atoms with E-state index in [-0.39, 0.29) is 6.42 Å². The van der Waals surface area contributed by atoms with E-state index in [2.05, 4.69) is 4.74 Å². The summed E-state index contributed by atoms with van der Waals surface area (Å²) in [5.74, 6) is 0.537. The minimum atomic E-state index is -4.35. The molecule has 0 aliphatic rings. The first-order chi connectivity index (χ1) is 7.47. The second-order valence-electron chi connectivity index (χ2n) is 3.32. The maximum absolute atomic E-state index is 12.4. The molecule has 0 bridgehead atoms. The zero-order valence-electron chi connectivity index (χ0n) is 9.04. The predicted octanol–water partition coefficient (Wildman–Crippen LogP) is 2.82. The molecule has 0 aromatic heterocycles. The molecular formula is C11H13F3O2. The molecule has 0 spiro atoms. The fraction of sp³-hybridized carbons (Fsp3) is 0.455. The molecule has 1 unspecified atom stereocenters. The van der Waals surface area contributed by atoms with E-state index in [9.17, 15) is 13.2 Å². The van der Waals surface area contributed by atoms with Crippen LogP contribution in [0, 0.1) is 0 Å². The van der Waals surface area contributed by atoms with Gasteiger partial charge in [-0.2, -0.15) is 13.2 Å². The molecule has 1 aromatic rings. The minimum Gasteiger partial charge on any atom is -0.497 e. The largest absolute Gasteiger partial charge is 0.497 e. The zero-order chi connectivity index (χ0) is 12.2. The van der Waals surface area contributed by atoms with Crippen LogP contribution in [0.3, 0.4) is 0 Å². The van der Waals surface area contributed by atoms with Gasteiger partial charge in [0.2, 0.25) is 0 Å². The summed E-state index contributed by atoms with van der Waals surface area (Å²) in [6.07, 6.45) is -6.34. The third kappa shape index (κ3) is 3.41. The lowest BCUT2D eigenvalue weighted by molar-refractivity contribution is -0.212. The lowest BCUT2D eigenvalue weighted by atomic mass is 10.1. The van der Waals surface area contributed by atoms with E-state index in [1.807, 2.05) is 0 Å². The van der Waals surface area contributed by atoms with Gasteiger partial charge in [0.05, 0.1) is 7.11 Å². The van der Waals surface area contributed by atoms with Crippen molar-refractivity contribution >= 4 is 0 Å². The molecule has 5 heteroatoms. The van der Waals surface area contributed by atoms with Crippen molar-refractivity contribution < 1.29 is 22.6 Å². The molecule has 1 atom stereocenters. The van der Waals surface area contributed by atoms with E-state index in [0.717, 1.165) is 7.11 Å². The number of halogens is 3. The molecular weight excluding hydrogens is 221 g/mol. The van der Waals surface area contributed by atoms with Crippen LogP contribution in [-0.4, -0.2) is 26.5 Å². The van der Waals surface area contributed by atoms with Crippen molar-refractivity contribution in [3.05, 3.63) is 29.8 Å². The summed E-state index contributed by atoms with van der Waals surface area (Å²) in [7, 11) is 2.52. The number of hydrogen-bond acceptors (Lipinski definition) is 2. The second kappa shape index (κ2) is 5.21. The van der Waals surface area contributed by atoms with E-state index < -0.39 is 12.3 Å². The van der Waals surface area contributed by atoms with Crippen LogP contribution in [0.5, 0.6) is 5.75 Å². The van der Waals surface area contributed by atoms with Crippen LogP contribution in [-0.2, 0) is 11.2 Å². The number of ether oxygens (including phenoxy) is 2. The van der Waals surface area contributed by atoms with Crippen molar-refractivity contribution in [3.63, 3.8) is 0 Å². The molecule has 1 aromatic carbocycles. The molecule has 0 aliphatic heterocycles. The van der Waals surface area contributed by atoms with Gasteiger partial charge in [-0.1, -0.05) is 12.1 Å². The highest BCUT2D eigenvalue weighted by Crippen LogP contribution is 2.26. The van der Waals surface area contributed by atoms with Crippen LogP contribution >= 0.6 is 0 Å². The average Bonchev–Trinajstić information content (AvgIpc) is 2.24. The third-order valence-corrected chi connectivity index (χ3v) is 2.20. The maximum atomic E-state index is 12.4. The molecule has 0 heterocycles. The molecule has 90 valence electrons. The molecule has 1 rings (SSSR count). The van der Waals surface area contributed by atoms with E-state index in [1.165, 1.54) is 7.11 Å². The van der Waals surface area contributed by atoms with Gasteiger partial charge < -0.3 is 9.47 Å². The highest BCUT2D eigenvalue weighted by Gasteiger charge is 2.39. The highest BCUT2D eigenvalue weighted by molar-refractivity contribution is 5.28. The van der Waals surface area contributed by atoms with Gasteiger partial charge in [-0.05, 0) is 17.7 Å². The second-order valence-corrected chi connectivity index (χ2v) is 3.32.